The summed E-state index contributed by atoms with van der Waals surface area (Å²) in [7, 11) is 0. The van der Waals surface area contributed by atoms with E-state index in [9.17, 15) is 0 Å². The Bertz CT molecular complexity index is 345. The topological polar surface area (TPSA) is 37.8 Å². The van der Waals surface area contributed by atoms with Gasteiger partial charge in [-0.05, 0) is 38.7 Å². The third-order valence-electron chi connectivity index (χ3n) is 3.80. The number of aryl methyl sites for hydroxylation is 1. The van der Waals surface area contributed by atoms with Crippen LogP contribution in [-0.4, -0.2) is 16.0 Å². The average Bonchev–Trinajstić information content (AvgIpc) is 2.37. The van der Waals surface area contributed by atoms with E-state index in [2.05, 4.69) is 22.2 Å². The molecule has 1 aromatic rings. The number of rotatable bonds is 4. The van der Waals surface area contributed by atoms with Crippen LogP contribution in [0.5, 0.6) is 0 Å². The van der Waals surface area contributed by atoms with Gasteiger partial charge in [0.1, 0.15) is 5.82 Å². The summed E-state index contributed by atoms with van der Waals surface area (Å²) < 4.78 is 0. The lowest BCUT2D eigenvalue weighted by Crippen LogP contribution is -2.34. The van der Waals surface area contributed by atoms with E-state index >= 15 is 0 Å². The largest absolute Gasteiger partial charge is 0.308 e. The zero-order valence-electron chi connectivity index (χ0n) is 10.9. The summed E-state index contributed by atoms with van der Waals surface area (Å²) in [6.07, 6.45) is 8.85. The number of nitrogens with zero attached hydrogens (tertiary/aromatic N) is 2. The molecule has 17 heavy (non-hydrogen) atoms. The van der Waals surface area contributed by atoms with Crippen molar-refractivity contribution in [1.29, 1.82) is 0 Å². The minimum Gasteiger partial charge on any atom is -0.308 e. The molecule has 1 saturated carbocycles. The summed E-state index contributed by atoms with van der Waals surface area (Å²) in [5, 5.41) is 3.61. The zero-order valence-corrected chi connectivity index (χ0v) is 10.9. The molecular formula is C14H23N3. The first kappa shape index (κ1) is 12.5. The van der Waals surface area contributed by atoms with Gasteiger partial charge in [0.05, 0.1) is 5.69 Å². The summed E-state index contributed by atoms with van der Waals surface area (Å²) in [5.41, 5.74) is 1.10. The molecule has 1 aliphatic carbocycles. The Labute approximate surface area is 104 Å². The average molecular weight is 233 g/mol. The van der Waals surface area contributed by atoms with Gasteiger partial charge in [0, 0.05) is 18.8 Å². The van der Waals surface area contributed by atoms with Gasteiger partial charge in [0.2, 0.25) is 0 Å². The second-order valence-corrected chi connectivity index (χ2v) is 5.16. The fourth-order valence-electron chi connectivity index (χ4n) is 2.67. The van der Waals surface area contributed by atoms with Gasteiger partial charge in [-0.25, -0.2) is 9.97 Å². The fraction of sp³-hybridized carbons (Fsp3) is 0.714. The summed E-state index contributed by atoms with van der Waals surface area (Å²) >= 11 is 0. The van der Waals surface area contributed by atoms with E-state index in [0.717, 1.165) is 24.0 Å². The lowest BCUT2D eigenvalue weighted by Gasteiger charge is -2.28. The molecule has 0 amide bonds. The quantitative estimate of drug-likeness (QED) is 0.869. The van der Waals surface area contributed by atoms with Crippen LogP contribution in [0.4, 0.5) is 0 Å². The van der Waals surface area contributed by atoms with Crippen molar-refractivity contribution in [1.82, 2.24) is 15.3 Å². The SMILES string of the molecule is Cc1nccc(CNC(C)C2CCCCC2)n1. The third-order valence-corrected chi connectivity index (χ3v) is 3.80. The maximum absolute atomic E-state index is 4.42. The molecule has 0 bridgehead atoms. The molecule has 0 saturated heterocycles. The van der Waals surface area contributed by atoms with Gasteiger partial charge in [-0.1, -0.05) is 19.3 Å². The van der Waals surface area contributed by atoms with Gasteiger partial charge in [-0.2, -0.15) is 0 Å². The minimum atomic E-state index is 0.602. The Morgan fingerprint density at radius 1 is 1.35 bits per heavy atom. The standard InChI is InChI=1S/C14H23N3/c1-11(13-6-4-3-5-7-13)16-10-14-8-9-15-12(2)17-14/h8-9,11,13,16H,3-7,10H2,1-2H3. The third kappa shape index (κ3) is 3.77. The zero-order chi connectivity index (χ0) is 12.1. The highest BCUT2D eigenvalue weighted by Gasteiger charge is 2.19. The van der Waals surface area contributed by atoms with Gasteiger partial charge in [-0.3, -0.25) is 0 Å². The van der Waals surface area contributed by atoms with Crippen LogP contribution in [0.1, 0.15) is 50.5 Å². The molecule has 94 valence electrons. The van der Waals surface area contributed by atoms with Crippen molar-refractivity contribution in [2.24, 2.45) is 5.92 Å². The molecular weight excluding hydrogens is 210 g/mol. The van der Waals surface area contributed by atoms with Crippen molar-refractivity contribution in [2.75, 3.05) is 0 Å². The normalized spacial score (nSPS) is 19.2. The lowest BCUT2D eigenvalue weighted by molar-refractivity contribution is 0.280. The first-order valence-corrected chi connectivity index (χ1v) is 6.77. The molecule has 1 heterocycles. The molecule has 0 aliphatic heterocycles. The highest BCUT2D eigenvalue weighted by Crippen LogP contribution is 2.26. The van der Waals surface area contributed by atoms with Crippen molar-refractivity contribution < 1.29 is 0 Å². The van der Waals surface area contributed by atoms with Crippen LogP contribution < -0.4 is 5.32 Å². The van der Waals surface area contributed by atoms with Crippen molar-refractivity contribution in [3.05, 3.63) is 23.8 Å². The van der Waals surface area contributed by atoms with E-state index in [0.29, 0.717) is 6.04 Å². The van der Waals surface area contributed by atoms with Crippen LogP contribution in [0.3, 0.4) is 0 Å². The molecule has 0 spiro atoms. The second-order valence-electron chi connectivity index (χ2n) is 5.16. The van der Waals surface area contributed by atoms with Crippen molar-refractivity contribution in [2.45, 2.75) is 58.5 Å². The molecule has 1 fully saturated rings. The molecule has 3 nitrogen and oxygen atoms in total. The number of hydrogen-bond donors (Lipinski definition) is 1. The minimum absolute atomic E-state index is 0.602. The molecule has 1 atom stereocenters. The number of aromatic nitrogens is 2. The van der Waals surface area contributed by atoms with Gasteiger partial charge < -0.3 is 5.32 Å². The maximum Gasteiger partial charge on any atom is 0.125 e. The Hall–Kier alpha value is -0.960. The van der Waals surface area contributed by atoms with Crippen molar-refractivity contribution in [3.8, 4) is 0 Å². The van der Waals surface area contributed by atoms with Gasteiger partial charge >= 0.3 is 0 Å². The van der Waals surface area contributed by atoms with E-state index in [4.69, 9.17) is 0 Å². The molecule has 1 unspecified atom stereocenters. The Morgan fingerprint density at radius 3 is 2.82 bits per heavy atom. The summed E-state index contributed by atoms with van der Waals surface area (Å²) in [4.78, 5) is 8.53. The van der Waals surface area contributed by atoms with Crippen LogP contribution in [0, 0.1) is 12.8 Å². The van der Waals surface area contributed by atoms with Crippen LogP contribution in [0.2, 0.25) is 0 Å². The highest BCUT2D eigenvalue weighted by atomic mass is 15.0. The molecule has 1 aliphatic rings. The van der Waals surface area contributed by atoms with Crippen molar-refractivity contribution in [3.63, 3.8) is 0 Å². The Morgan fingerprint density at radius 2 is 2.12 bits per heavy atom. The van der Waals surface area contributed by atoms with E-state index < -0.39 is 0 Å². The Balaban J connectivity index is 1.80. The van der Waals surface area contributed by atoms with Gasteiger partial charge in [0.25, 0.3) is 0 Å². The van der Waals surface area contributed by atoms with Crippen LogP contribution in [0.15, 0.2) is 12.3 Å². The highest BCUT2D eigenvalue weighted by molar-refractivity contribution is 5.01. The molecule has 0 radical (unpaired) electrons. The predicted octanol–water partition coefficient (Wildman–Crippen LogP) is 2.84. The number of hydrogen-bond acceptors (Lipinski definition) is 3. The van der Waals surface area contributed by atoms with Crippen LogP contribution >= 0.6 is 0 Å². The van der Waals surface area contributed by atoms with Gasteiger partial charge in [-0.15, -0.1) is 0 Å². The molecule has 2 rings (SSSR count). The first-order valence-electron chi connectivity index (χ1n) is 6.77. The fourth-order valence-corrected chi connectivity index (χ4v) is 2.67. The molecule has 0 aromatic carbocycles. The lowest BCUT2D eigenvalue weighted by atomic mass is 9.84. The van der Waals surface area contributed by atoms with E-state index in [1.165, 1.54) is 32.1 Å². The second kappa shape index (κ2) is 6.10. The number of nitrogens with one attached hydrogen (secondary N) is 1. The predicted molar refractivity (Wildman–Crippen MR) is 69.6 cm³/mol. The first-order chi connectivity index (χ1) is 8.25. The summed E-state index contributed by atoms with van der Waals surface area (Å²) in [6, 6.07) is 2.60. The molecule has 1 aromatic heterocycles. The van der Waals surface area contributed by atoms with E-state index in [1.807, 2.05) is 19.2 Å². The van der Waals surface area contributed by atoms with Crippen LogP contribution in [0.25, 0.3) is 0 Å². The summed E-state index contributed by atoms with van der Waals surface area (Å²) in [5.74, 6) is 1.71. The maximum atomic E-state index is 4.42. The van der Waals surface area contributed by atoms with Gasteiger partial charge in [0.15, 0.2) is 0 Å². The van der Waals surface area contributed by atoms with E-state index in [-0.39, 0.29) is 0 Å². The molecule has 3 heteroatoms. The van der Waals surface area contributed by atoms with Crippen LogP contribution in [-0.2, 0) is 6.54 Å². The molecule has 1 N–H and O–H groups in total. The Kier molecular flexibility index (Phi) is 4.49. The van der Waals surface area contributed by atoms with Crippen molar-refractivity contribution >= 4 is 0 Å². The smallest absolute Gasteiger partial charge is 0.125 e. The summed E-state index contributed by atoms with van der Waals surface area (Å²) in [6.45, 7) is 5.11. The van der Waals surface area contributed by atoms with E-state index in [1.54, 1.807) is 0 Å². The monoisotopic (exact) mass is 233 g/mol.